The van der Waals surface area contributed by atoms with Crippen LogP contribution in [-0.4, -0.2) is 11.9 Å². The van der Waals surface area contributed by atoms with Crippen molar-refractivity contribution in [1.29, 1.82) is 0 Å². The molecular formula is C4H6FN3O. The Kier molecular flexibility index (Phi) is 1.14. The van der Waals surface area contributed by atoms with Crippen LogP contribution in [0.4, 0.5) is 9.18 Å². The van der Waals surface area contributed by atoms with Gasteiger partial charge in [0.05, 0.1) is 0 Å². The fourth-order valence-electron chi connectivity index (χ4n) is 0.490. The van der Waals surface area contributed by atoms with Crippen molar-refractivity contribution in [2.45, 2.75) is 5.92 Å². The summed E-state index contributed by atoms with van der Waals surface area (Å²) < 4.78 is 12.4. The molecule has 0 aliphatic carbocycles. The molecule has 50 valence electrons. The van der Waals surface area contributed by atoms with E-state index in [-0.39, 0.29) is 0 Å². The number of carbonyl (C=O) groups is 1. The van der Waals surface area contributed by atoms with E-state index in [1.54, 1.807) is 0 Å². The Labute approximate surface area is 50.9 Å². The Hall–Kier alpha value is -1.10. The van der Waals surface area contributed by atoms with E-state index in [1.165, 1.54) is 0 Å². The lowest BCUT2D eigenvalue weighted by Gasteiger charge is -2.20. The molecule has 1 heterocycles. The molecule has 0 saturated heterocycles. The first kappa shape index (κ1) is 6.03. The molecule has 0 fully saturated rings. The van der Waals surface area contributed by atoms with Crippen molar-refractivity contribution >= 4 is 6.03 Å². The van der Waals surface area contributed by atoms with Crippen LogP contribution >= 0.6 is 0 Å². The standard InChI is InChI=1S/C4H6FN3O/c5-4(6)1-2-7-3(9)8-4/h1-2H,6H2,(H2,7,8,9). The van der Waals surface area contributed by atoms with Crippen LogP contribution in [0.1, 0.15) is 0 Å². The van der Waals surface area contributed by atoms with Crippen molar-refractivity contribution in [1.82, 2.24) is 10.6 Å². The number of amides is 2. The summed E-state index contributed by atoms with van der Waals surface area (Å²) in [6, 6.07) is -0.637. The molecule has 4 N–H and O–H groups in total. The van der Waals surface area contributed by atoms with E-state index in [4.69, 9.17) is 5.73 Å². The van der Waals surface area contributed by atoms with Gasteiger partial charge in [0.1, 0.15) is 0 Å². The van der Waals surface area contributed by atoms with Gasteiger partial charge in [-0.3, -0.25) is 11.1 Å². The first-order chi connectivity index (χ1) is 4.10. The largest absolute Gasteiger partial charge is 0.322 e. The molecule has 0 aromatic heterocycles. The van der Waals surface area contributed by atoms with Gasteiger partial charge in [-0.25, -0.2) is 4.79 Å². The fraction of sp³-hybridized carbons (Fsp3) is 0.250. The number of nitrogens with one attached hydrogen (secondary N) is 2. The smallest absolute Gasteiger partial charge is 0.315 e. The van der Waals surface area contributed by atoms with E-state index in [1.807, 2.05) is 5.32 Å². The lowest BCUT2D eigenvalue weighted by Crippen LogP contribution is -2.56. The van der Waals surface area contributed by atoms with E-state index >= 15 is 0 Å². The third-order valence-corrected chi connectivity index (χ3v) is 0.845. The molecule has 0 radical (unpaired) electrons. The van der Waals surface area contributed by atoms with Crippen LogP contribution in [-0.2, 0) is 0 Å². The van der Waals surface area contributed by atoms with Gasteiger partial charge in [0.2, 0.25) is 0 Å². The van der Waals surface area contributed by atoms with Gasteiger partial charge in [0, 0.05) is 12.3 Å². The number of hydrogen-bond donors (Lipinski definition) is 3. The lowest BCUT2D eigenvalue weighted by atomic mass is 10.4. The molecule has 1 rings (SSSR count). The number of nitrogens with two attached hydrogens (primary N) is 1. The minimum absolute atomic E-state index is 0.637. The third kappa shape index (κ3) is 1.39. The highest BCUT2D eigenvalue weighted by molar-refractivity contribution is 5.76. The predicted octanol–water partition coefficient (Wildman–Crippen LogP) is -0.605. The molecule has 0 saturated carbocycles. The summed E-state index contributed by atoms with van der Waals surface area (Å²) in [4.78, 5) is 10.3. The van der Waals surface area contributed by atoms with Crippen LogP contribution in [0.15, 0.2) is 12.3 Å². The van der Waals surface area contributed by atoms with Crippen molar-refractivity contribution in [3.63, 3.8) is 0 Å². The zero-order chi connectivity index (χ0) is 6.91. The average Bonchev–Trinajstić information content (AvgIpc) is 1.60. The number of urea groups is 1. The van der Waals surface area contributed by atoms with E-state index in [0.717, 1.165) is 12.3 Å². The number of hydrogen-bond acceptors (Lipinski definition) is 2. The molecule has 0 aromatic carbocycles. The number of alkyl halides is 1. The number of carbonyl (C=O) groups excluding carboxylic acids is 1. The Morgan fingerprint density at radius 3 is 2.78 bits per heavy atom. The van der Waals surface area contributed by atoms with E-state index in [0.29, 0.717) is 0 Å². The molecule has 1 aliphatic heterocycles. The topological polar surface area (TPSA) is 67.1 Å². The number of rotatable bonds is 0. The summed E-state index contributed by atoms with van der Waals surface area (Å²) >= 11 is 0. The quantitative estimate of drug-likeness (QED) is 0.384. The highest BCUT2D eigenvalue weighted by atomic mass is 19.1. The molecule has 5 heteroatoms. The Morgan fingerprint density at radius 2 is 2.44 bits per heavy atom. The maximum atomic E-state index is 12.4. The van der Waals surface area contributed by atoms with Gasteiger partial charge >= 0.3 is 6.03 Å². The van der Waals surface area contributed by atoms with Crippen LogP contribution in [0.5, 0.6) is 0 Å². The van der Waals surface area contributed by atoms with Gasteiger partial charge in [-0.05, 0) is 0 Å². The summed E-state index contributed by atoms with van der Waals surface area (Å²) in [6.45, 7) is 0. The first-order valence-electron chi connectivity index (χ1n) is 2.34. The molecule has 2 amide bonds. The Bertz CT molecular complexity index is 165. The van der Waals surface area contributed by atoms with Crippen LogP contribution in [0.3, 0.4) is 0 Å². The molecule has 0 aromatic rings. The van der Waals surface area contributed by atoms with Gasteiger partial charge in [-0.15, -0.1) is 0 Å². The highest BCUT2D eigenvalue weighted by Crippen LogP contribution is 2.01. The Morgan fingerprint density at radius 1 is 1.78 bits per heavy atom. The predicted molar refractivity (Wildman–Crippen MR) is 28.8 cm³/mol. The van der Waals surface area contributed by atoms with Crippen LogP contribution in [0, 0.1) is 0 Å². The zero-order valence-electron chi connectivity index (χ0n) is 4.52. The summed E-state index contributed by atoms with van der Waals surface area (Å²) in [6.07, 6.45) is 2.16. The van der Waals surface area contributed by atoms with E-state index in [2.05, 4.69) is 5.32 Å². The second kappa shape index (κ2) is 1.70. The molecule has 1 atom stereocenters. The third-order valence-electron chi connectivity index (χ3n) is 0.845. The highest BCUT2D eigenvalue weighted by Gasteiger charge is 2.24. The van der Waals surface area contributed by atoms with Crippen LogP contribution in [0.25, 0.3) is 0 Å². The van der Waals surface area contributed by atoms with Crippen molar-refractivity contribution in [2.24, 2.45) is 5.73 Å². The van der Waals surface area contributed by atoms with Gasteiger partial charge in [0.25, 0.3) is 5.92 Å². The molecule has 0 bridgehead atoms. The van der Waals surface area contributed by atoms with Crippen molar-refractivity contribution in [3.05, 3.63) is 12.3 Å². The normalized spacial score (nSPS) is 33.3. The second-order valence-electron chi connectivity index (χ2n) is 1.70. The van der Waals surface area contributed by atoms with Gasteiger partial charge in [-0.2, -0.15) is 4.39 Å². The lowest BCUT2D eigenvalue weighted by molar-refractivity contribution is 0.173. The van der Waals surface area contributed by atoms with Crippen molar-refractivity contribution in [2.75, 3.05) is 0 Å². The summed E-state index contributed by atoms with van der Waals surface area (Å²) in [5.41, 5.74) is 4.84. The second-order valence-corrected chi connectivity index (χ2v) is 1.70. The van der Waals surface area contributed by atoms with Gasteiger partial charge in [0.15, 0.2) is 0 Å². The molecule has 0 spiro atoms. The maximum absolute atomic E-state index is 12.4. The first-order valence-corrected chi connectivity index (χ1v) is 2.34. The minimum Gasteiger partial charge on any atom is -0.315 e. The summed E-state index contributed by atoms with van der Waals surface area (Å²) in [5, 5.41) is 4.02. The maximum Gasteiger partial charge on any atom is 0.322 e. The van der Waals surface area contributed by atoms with E-state index in [9.17, 15) is 9.18 Å². The van der Waals surface area contributed by atoms with E-state index < -0.39 is 11.9 Å². The summed E-state index contributed by atoms with van der Waals surface area (Å²) in [5.74, 6) is -2.19. The SMILES string of the molecule is NC1(F)C=CNC(=O)N1. The van der Waals surface area contributed by atoms with Crippen LogP contribution < -0.4 is 16.4 Å². The summed E-state index contributed by atoms with van der Waals surface area (Å²) in [7, 11) is 0. The monoisotopic (exact) mass is 131 g/mol. The van der Waals surface area contributed by atoms with Crippen molar-refractivity contribution in [3.8, 4) is 0 Å². The van der Waals surface area contributed by atoms with Gasteiger partial charge < -0.3 is 5.32 Å². The number of halogens is 1. The molecular weight excluding hydrogens is 125 g/mol. The molecule has 9 heavy (non-hydrogen) atoms. The molecule has 1 unspecified atom stereocenters. The van der Waals surface area contributed by atoms with Crippen LogP contribution in [0.2, 0.25) is 0 Å². The average molecular weight is 131 g/mol. The Balaban J connectivity index is 2.71. The van der Waals surface area contributed by atoms with Crippen molar-refractivity contribution < 1.29 is 9.18 Å². The minimum atomic E-state index is -2.19. The molecule has 1 aliphatic rings. The fourth-order valence-corrected chi connectivity index (χ4v) is 0.490. The zero-order valence-corrected chi connectivity index (χ0v) is 4.52. The van der Waals surface area contributed by atoms with Gasteiger partial charge in [-0.1, -0.05) is 0 Å². The molecule has 4 nitrogen and oxygen atoms in total.